The first-order valence-corrected chi connectivity index (χ1v) is 13.1. The van der Waals surface area contributed by atoms with Crippen LogP contribution in [0.25, 0.3) is 5.69 Å². The number of para-hydroxylation sites is 1. The minimum atomic E-state index is -0.562. The number of ether oxygens (including phenoxy) is 1. The van der Waals surface area contributed by atoms with Crippen LogP contribution >= 0.6 is 11.8 Å². The molecule has 0 saturated carbocycles. The maximum absolute atomic E-state index is 12.9. The van der Waals surface area contributed by atoms with E-state index in [4.69, 9.17) is 4.74 Å². The van der Waals surface area contributed by atoms with Gasteiger partial charge in [-0.05, 0) is 55.7 Å². The number of benzene rings is 3. The summed E-state index contributed by atoms with van der Waals surface area (Å²) in [5.41, 5.74) is 2.33. The molecule has 38 heavy (non-hydrogen) atoms. The van der Waals surface area contributed by atoms with Crippen LogP contribution in [0.15, 0.2) is 84.0 Å². The van der Waals surface area contributed by atoms with E-state index in [0.29, 0.717) is 22.6 Å². The van der Waals surface area contributed by atoms with Gasteiger partial charge in [0, 0.05) is 23.5 Å². The van der Waals surface area contributed by atoms with Crippen LogP contribution in [0.4, 0.5) is 11.4 Å². The number of amides is 1. The number of rotatable bonds is 10. The third kappa shape index (κ3) is 6.38. The smallest absolute Gasteiger partial charge is 0.271 e. The number of nitrogens with one attached hydrogen (secondary N) is 1. The van der Waals surface area contributed by atoms with Crippen LogP contribution in [0.5, 0.6) is 5.75 Å². The summed E-state index contributed by atoms with van der Waals surface area (Å²) < 4.78 is 8.09. The average molecular weight is 532 g/mol. The van der Waals surface area contributed by atoms with Crippen LogP contribution in [0.2, 0.25) is 0 Å². The summed E-state index contributed by atoms with van der Waals surface area (Å²) in [6.07, 6.45) is -0.420. The monoisotopic (exact) mass is 531 g/mol. The van der Waals surface area contributed by atoms with Crippen molar-refractivity contribution >= 4 is 29.0 Å². The van der Waals surface area contributed by atoms with Crippen molar-refractivity contribution in [1.82, 2.24) is 14.8 Å². The number of nitrogens with zero attached hydrogens (tertiary/aromatic N) is 4. The molecule has 0 aliphatic rings. The van der Waals surface area contributed by atoms with Gasteiger partial charge in [-0.1, -0.05) is 62.0 Å². The van der Waals surface area contributed by atoms with Crippen molar-refractivity contribution in [2.24, 2.45) is 0 Å². The van der Waals surface area contributed by atoms with Crippen molar-refractivity contribution in [1.29, 1.82) is 0 Å². The number of aromatic nitrogens is 3. The number of carbonyl (C=O) groups is 1. The van der Waals surface area contributed by atoms with Crippen molar-refractivity contribution in [3.8, 4) is 11.4 Å². The van der Waals surface area contributed by atoms with E-state index in [-0.39, 0.29) is 11.6 Å². The zero-order valence-corrected chi connectivity index (χ0v) is 22.4. The van der Waals surface area contributed by atoms with E-state index in [0.717, 1.165) is 11.4 Å². The number of non-ortho nitro benzene ring substituents is 1. The summed E-state index contributed by atoms with van der Waals surface area (Å²) in [6, 6.07) is 23.5. The van der Waals surface area contributed by atoms with E-state index in [2.05, 4.69) is 41.5 Å². The van der Waals surface area contributed by atoms with E-state index in [1.807, 2.05) is 54.0 Å². The Hall–Kier alpha value is -4.18. The summed E-state index contributed by atoms with van der Waals surface area (Å²) in [5, 5.41) is 22.6. The lowest BCUT2D eigenvalue weighted by atomic mass is 10.0. The van der Waals surface area contributed by atoms with Crippen LogP contribution in [0.3, 0.4) is 0 Å². The molecule has 0 bridgehead atoms. The number of carbonyl (C=O) groups excluding carboxylic acids is 1. The number of nitro benzene ring substituents is 1. The van der Waals surface area contributed by atoms with Gasteiger partial charge in [0.2, 0.25) is 5.91 Å². The molecule has 0 saturated heterocycles. The molecule has 0 radical (unpaired) electrons. The van der Waals surface area contributed by atoms with Gasteiger partial charge < -0.3 is 10.1 Å². The summed E-state index contributed by atoms with van der Waals surface area (Å²) in [5.74, 6) is 1.44. The lowest BCUT2D eigenvalue weighted by Crippen LogP contribution is -2.23. The number of nitro groups is 1. The topological polar surface area (TPSA) is 112 Å². The summed E-state index contributed by atoms with van der Waals surface area (Å²) >= 11 is 1.24. The fraction of sp³-hybridized carbons (Fsp3) is 0.250. The highest BCUT2D eigenvalue weighted by molar-refractivity contribution is 8.00. The molecule has 1 N–H and O–H groups in total. The average Bonchev–Trinajstić information content (AvgIpc) is 3.33. The highest BCUT2D eigenvalue weighted by atomic mass is 32.2. The van der Waals surface area contributed by atoms with Gasteiger partial charge in [-0.15, -0.1) is 10.2 Å². The van der Waals surface area contributed by atoms with Gasteiger partial charge in [-0.3, -0.25) is 19.5 Å². The molecule has 0 aliphatic carbocycles. The third-order valence-corrected chi connectivity index (χ3v) is 6.91. The van der Waals surface area contributed by atoms with Gasteiger partial charge >= 0.3 is 0 Å². The molecule has 1 heterocycles. The van der Waals surface area contributed by atoms with Gasteiger partial charge in [0.1, 0.15) is 5.75 Å². The van der Waals surface area contributed by atoms with E-state index < -0.39 is 16.3 Å². The van der Waals surface area contributed by atoms with Crippen LogP contribution in [0.1, 0.15) is 51.1 Å². The van der Waals surface area contributed by atoms with Gasteiger partial charge in [-0.25, -0.2) is 0 Å². The number of hydrogen-bond donors (Lipinski definition) is 1. The van der Waals surface area contributed by atoms with Crippen LogP contribution in [0, 0.1) is 10.1 Å². The zero-order valence-electron chi connectivity index (χ0n) is 21.6. The quantitative estimate of drug-likeness (QED) is 0.140. The summed E-state index contributed by atoms with van der Waals surface area (Å²) in [7, 11) is 0. The van der Waals surface area contributed by atoms with Crippen molar-refractivity contribution < 1.29 is 14.5 Å². The zero-order chi connectivity index (χ0) is 27.2. The number of thioether (sulfide) groups is 1. The minimum Gasteiger partial charge on any atom is -0.483 e. The molecule has 10 heteroatoms. The maximum atomic E-state index is 12.9. The molecule has 0 spiro atoms. The molecule has 3 aromatic carbocycles. The molecule has 0 aliphatic heterocycles. The lowest BCUT2D eigenvalue weighted by Gasteiger charge is -2.18. The lowest BCUT2D eigenvalue weighted by molar-refractivity contribution is -0.384. The van der Waals surface area contributed by atoms with Gasteiger partial charge in [0.25, 0.3) is 5.69 Å². The predicted molar refractivity (Wildman–Crippen MR) is 148 cm³/mol. The van der Waals surface area contributed by atoms with Gasteiger partial charge in [-0.2, -0.15) is 0 Å². The summed E-state index contributed by atoms with van der Waals surface area (Å²) in [4.78, 5) is 23.5. The fourth-order valence-corrected chi connectivity index (χ4v) is 4.66. The van der Waals surface area contributed by atoms with Crippen LogP contribution < -0.4 is 10.1 Å². The van der Waals surface area contributed by atoms with Crippen molar-refractivity contribution in [3.05, 3.63) is 100 Å². The predicted octanol–water partition coefficient (Wildman–Crippen LogP) is 6.56. The van der Waals surface area contributed by atoms with Crippen LogP contribution in [-0.2, 0) is 4.79 Å². The molecular weight excluding hydrogens is 502 g/mol. The van der Waals surface area contributed by atoms with E-state index in [9.17, 15) is 14.9 Å². The molecular formula is C28H29N5O4S. The Labute approximate surface area is 225 Å². The normalized spacial score (nSPS) is 12.7. The first kappa shape index (κ1) is 26.9. The molecule has 1 amide bonds. The Bertz CT molecular complexity index is 1410. The highest BCUT2D eigenvalue weighted by Crippen LogP contribution is 2.31. The molecule has 4 rings (SSSR count). The summed E-state index contributed by atoms with van der Waals surface area (Å²) in [6.45, 7) is 7.94. The molecule has 4 aromatic rings. The largest absolute Gasteiger partial charge is 0.483 e. The molecule has 196 valence electrons. The van der Waals surface area contributed by atoms with Crippen molar-refractivity contribution in [2.45, 2.75) is 50.1 Å². The Balaban J connectivity index is 1.55. The Morgan fingerprint density at radius 1 is 0.974 bits per heavy atom. The van der Waals surface area contributed by atoms with Gasteiger partial charge in [0.15, 0.2) is 17.1 Å². The van der Waals surface area contributed by atoms with Crippen molar-refractivity contribution in [2.75, 3.05) is 5.32 Å². The highest BCUT2D eigenvalue weighted by Gasteiger charge is 2.25. The number of hydrogen-bond acceptors (Lipinski definition) is 7. The fourth-order valence-electron chi connectivity index (χ4n) is 3.78. The molecule has 2 unspecified atom stereocenters. The standard InChI is InChI=1S/C28H29N5O4S/c1-18(2)21-13-15-25(16-14-21)37-19(3)26-30-31-28(32(26)23-10-6-5-7-11-23)38-20(4)27(34)29-22-9-8-12-24(17-22)33(35)36/h5-20H,1-4H3,(H,29,34). The van der Waals surface area contributed by atoms with Gasteiger partial charge in [0.05, 0.1) is 10.2 Å². The Morgan fingerprint density at radius 3 is 2.34 bits per heavy atom. The number of anilines is 1. The molecule has 0 fully saturated rings. The second-order valence-corrected chi connectivity index (χ2v) is 10.4. The SMILES string of the molecule is CC(Sc1nnc(C(C)Oc2ccc(C(C)C)cc2)n1-c1ccccc1)C(=O)Nc1cccc([N+](=O)[O-])c1. The first-order chi connectivity index (χ1) is 18.2. The molecule has 2 atom stereocenters. The maximum Gasteiger partial charge on any atom is 0.271 e. The van der Waals surface area contributed by atoms with E-state index in [1.54, 1.807) is 13.0 Å². The second-order valence-electron chi connectivity index (χ2n) is 9.05. The Kier molecular flexibility index (Phi) is 8.42. The minimum absolute atomic E-state index is 0.0931. The first-order valence-electron chi connectivity index (χ1n) is 12.2. The van der Waals surface area contributed by atoms with Crippen LogP contribution in [-0.4, -0.2) is 30.8 Å². The van der Waals surface area contributed by atoms with E-state index in [1.165, 1.54) is 35.5 Å². The third-order valence-electron chi connectivity index (χ3n) is 5.87. The molecule has 9 nitrogen and oxygen atoms in total. The Morgan fingerprint density at radius 2 is 1.68 bits per heavy atom. The van der Waals surface area contributed by atoms with E-state index >= 15 is 0 Å². The second kappa shape index (κ2) is 11.9. The molecule has 1 aromatic heterocycles. The van der Waals surface area contributed by atoms with Crippen molar-refractivity contribution in [3.63, 3.8) is 0 Å².